The second kappa shape index (κ2) is 6.55. The minimum absolute atomic E-state index is 0.212. The molecule has 1 aromatic heterocycles. The van der Waals surface area contributed by atoms with Crippen molar-refractivity contribution in [1.82, 2.24) is 14.8 Å². The third-order valence-electron chi connectivity index (χ3n) is 5.53. The van der Waals surface area contributed by atoms with Gasteiger partial charge in [0.2, 0.25) is 5.95 Å². The van der Waals surface area contributed by atoms with Crippen molar-refractivity contribution in [3.63, 3.8) is 0 Å². The molecule has 2 aliphatic rings. The quantitative estimate of drug-likeness (QED) is 0.815. The molecule has 2 heterocycles. The number of rotatable bonds is 6. The zero-order valence-electron chi connectivity index (χ0n) is 14.6. The van der Waals surface area contributed by atoms with E-state index in [0.29, 0.717) is 5.92 Å². The molecular formula is C19H26N4O. The Morgan fingerprint density at radius 1 is 1.17 bits per heavy atom. The van der Waals surface area contributed by atoms with Gasteiger partial charge in [0.1, 0.15) is 5.82 Å². The molecule has 1 aliphatic heterocycles. The fourth-order valence-corrected chi connectivity index (χ4v) is 3.73. The molecule has 2 aromatic rings. The topological polar surface area (TPSA) is 43.2 Å². The highest BCUT2D eigenvalue weighted by atomic mass is 16.5. The van der Waals surface area contributed by atoms with Gasteiger partial charge in [-0.3, -0.25) is 4.57 Å². The van der Waals surface area contributed by atoms with Crippen molar-refractivity contribution in [2.75, 3.05) is 12.0 Å². The molecule has 5 heteroatoms. The van der Waals surface area contributed by atoms with Crippen LogP contribution in [-0.4, -0.2) is 28.0 Å². The number of aromatic nitrogens is 3. The maximum Gasteiger partial charge on any atom is 0.227 e. The number of hydrogen-bond acceptors (Lipinski definition) is 4. The van der Waals surface area contributed by atoms with Crippen molar-refractivity contribution in [1.29, 1.82) is 0 Å². The SMILES string of the molecule is CCC(Cn1c(C2CCC2)nnc1N1Cc2ccccc2C1)OC. The van der Waals surface area contributed by atoms with E-state index >= 15 is 0 Å². The molecule has 1 saturated carbocycles. The van der Waals surface area contributed by atoms with Gasteiger partial charge < -0.3 is 9.64 Å². The van der Waals surface area contributed by atoms with E-state index in [-0.39, 0.29) is 6.10 Å². The van der Waals surface area contributed by atoms with Crippen molar-refractivity contribution in [3.05, 3.63) is 41.2 Å². The van der Waals surface area contributed by atoms with Crippen LogP contribution in [0.4, 0.5) is 5.95 Å². The highest BCUT2D eigenvalue weighted by Gasteiger charge is 2.30. The van der Waals surface area contributed by atoms with Crippen LogP contribution in [0, 0.1) is 0 Å². The van der Waals surface area contributed by atoms with E-state index in [1.165, 1.54) is 30.4 Å². The van der Waals surface area contributed by atoms with Crippen LogP contribution in [0.5, 0.6) is 0 Å². The molecule has 1 fully saturated rings. The van der Waals surface area contributed by atoms with Crippen LogP contribution in [0.3, 0.4) is 0 Å². The monoisotopic (exact) mass is 326 g/mol. The van der Waals surface area contributed by atoms with Crippen LogP contribution in [0.25, 0.3) is 0 Å². The van der Waals surface area contributed by atoms with E-state index in [2.05, 4.69) is 50.9 Å². The molecule has 128 valence electrons. The average Bonchev–Trinajstić information content (AvgIpc) is 3.15. The molecule has 1 atom stereocenters. The summed E-state index contributed by atoms with van der Waals surface area (Å²) in [7, 11) is 1.80. The fourth-order valence-electron chi connectivity index (χ4n) is 3.73. The Morgan fingerprint density at radius 3 is 2.42 bits per heavy atom. The van der Waals surface area contributed by atoms with Gasteiger partial charge in [-0.05, 0) is 30.4 Å². The summed E-state index contributed by atoms with van der Waals surface area (Å²) < 4.78 is 7.97. The Morgan fingerprint density at radius 2 is 1.88 bits per heavy atom. The summed E-state index contributed by atoms with van der Waals surface area (Å²) in [4.78, 5) is 2.35. The number of anilines is 1. The van der Waals surface area contributed by atoms with Crippen LogP contribution in [0.15, 0.2) is 24.3 Å². The van der Waals surface area contributed by atoms with Gasteiger partial charge in [0.25, 0.3) is 0 Å². The van der Waals surface area contributed by atoms with E-state index in [1.807, 2.05) is 0 Å². The van der Waals surface area contributed by atoms with Crippen LogP contribution >= 0.6 is 0 Å². The van der Waals surface area contributed by atoms with E-state index in [1.54, 1.807) is 7.11 Å². The predicted molar refractivity (Wildman–Crippen MR) is 94.0 cm³/mol. The van der Waals surface area contributed by atoms with Gasteiger partial charge in [-0.1, -0.05) is 37.6 Å². The first-order valence-corrected chi connectivity index (χ1v) is 9.07. The maximum atomic E-state index is 5.64. The van der Waals surface area contributed by atoms with E-state index < -0.39 is 0 Å². The lowest BCUT2D eigenvalue weighted by atomic mass is 9.85. The standard InChI is InChI=1S/C19H26N4O/c1-3-17(24-2)13-23-18(14-9-6-10-14)20-21-19(23)22-11-15-7-4-5-8-16(15)12-22/h4-5,7-8,14,17H,3,6,9-13H2,1-2H3. The molecule has 4 rings (SSSR count). The first kappa shape index (κ1) is 15.6. The van der Waals surface area contributed by atoms with Crippen molar-refractivity contribution in [3.8, 4) is 0 Å². The van der Waals surface area contributed by atoms with Crippen molar-refractivity contribution in [2.24, 2.45) is 0 Å². The summed E-state index contributed by atoms with van der Waals surface area (Å²) in [6.07, 6.45) is 5.00. The summed E-state index contributed by atoms with van der Waals surface area (Å²) in [5, 5.41) is 9.17. The molecule has 0 spiro atoms. The lowest BCUT2D eigenvalue weighted by Crippen LogP contribution is -2.27. The zero-order chi connectivity index (χ0) is 16.5. The molecule has 0 bridgehead atoms. The number of fused-ring (bicyclic) bond motifs is 1. The smallest absolute Gasteiger partial charge is 0.227 e. The van der Waals surface area contributed by atoms with E-state index in [4.69, 9.17) is 4.74 Å². The predicted octanol–water partition coefficient (Wildman–Crippen LogP) is 3.49. The lowest BCUT2D eigenvalue weighted by Gasteiger charge is -2.27. The normalized spacial score (nSPS) is 18.5. The molecule has 1 aliphatic carbocycles. The van der Waals surface area contributed by atoms with Gasteiger partial charge in [-0.15, -0.1) is 10.2 Å². The second-order valence-electron chi connectivity index (χ2n) is 6.99. The Bertz CT molecular complexity index is 678. The van der Waals surface area contributed by atoms with Gasteiger partial charge in [0.15, 0.2) is 0 Å². The first-order valence-electron chi connectivity index (χ1n) is 9.07. The largest absolute Gasteiger partial charge is 0.380 e. The van der Waals surface area contributed by atoms with Crippen LogP contribution in [-0.2, 0) is 24.4 Å². The molecule has 1 unspecified atom stereocenters. The molecule has 0 saturated heterocycles. The average molecular weight is 326 g/mol. The molecule has 0 amide bonds. The van der Waals surface area contributed by atoms with Gasteiger partial charge in [-0.25, -0.2) is 0 Å². The third kappa shape index (κ3) is 2.71. The Kier molecular flexibility index (Phi) is 4.27. The van der Waals surface area contributed by atoms with E-state index in [9.17, 15) is 0 Å². The number of benzene rings is 1. The number of methoxy groups -OCH3 is 1. The third-order valence-corrected chi connectivity index (χ3v) is 5.53. The Labute approximate surface area is 143 Å². The van der Waals surface area contributed by atoms with E-state index in [0.717, 1.165) is 37.8 Å². The minimum atomic E-state index is 0.212. The Hall–Kier alpha value is -1.88. The lowest BCUT2D eigenvalue weighted by molar-refractivity contribution is 0.0834. The Balaban J connectivity index is 1.64. The summed E-state index contributed by atoms with van der Waals surface area (Å²) >= 11 is 0. The molecule has 0 N–H and O–H groups in total. The molecule has 0 radical (unpaired) electrons. The maximum absolute atomic E-state index is 5.64. The minimum Gasteiger partial charge on any atom is -0.380 e. The van der Waals surface area contributed by atoms with Crippen LogP contribution in [0.2, 0.25) is 0 Å². The highest BCUT2D eigenvalue weighted by molar-refractivity contribution is 5.44. The summed E-state index contributed by atoms with van der Waals surface area (Å²) in [5.41, 5.74) is 2.80. The summed E-state index contributed by atoms with van der Waals surface area (Å²) in [5.74, 6) is 2.73. The first-order chi connectivity index (χ1) is 11.8. The van der Waals surface area contributed by atoms with Gasteiger partial charge >= 0.3 is 0 Å². The molecule has 5 nitrogen and oxygen atoms in total. The van der Waals surface area contributed by atoms with Gasteiger partial charge in [0.05, 0.1) is 12.6 Å². The number of hydrogen-bond donors (Lipinski definition) is 0. The molecule has 24 heavy (non-hydrogen) atoms. The van der Waals surface area contributed by atoms with Gasteiger partial charge in [0, 0.05) is 26.1 Å². The van der Waals surface area contributed by atoms with Crippen LogP contribution in [0.1, 0.15) is 55.5 Å². The zero-order valence-corrected chi connectivity index (χ0v) is 14.6. The molecular weight excluding hydrogens is 300 g/mol. The number of ether oxygens (including phenoxy) is 1. The van der Waals surface area contributed by atoms with Gasteiger partial charge in [-0.2, -0.15) is 0 Å². The van der Waals surface area contributed by atoms with Crippen molar-refractivity contribution in [2.45, 2.75) is 64.3 Å². The van der Waals surface area contributed by atoms with Crippen molar-refractivity contribution >= 4 is 5.95 Å². The summed E-state index contributed by atoms with van der Waals surface area (Å²) in [6.45, 7) is 4.85. The highest BCUT2D eigenvalue weighted by Crippen LogP contribution is 2.37. The molecule has 1 aromatic carbocycles. The van der Waals surface area contributed by atoms with Crippen molar-refractivity contribution < 1.29 is 4.74 Å². The summed E-state index contributed by atoms with van der Waals surface area (Å²) in [6, 6.07) is 8.66. The fraction of sp³-hybridized carbons (Fsp3) is 0.579. The number of nitrogens with zero attached hydrogens (tertiary/aromatic N) is 4. The van der Waals surface area contributed by atoms with Crippen LogP contribution < -0.4 is 4.90 Å². The second-order valence-corrected chi connectivity index (χ2v) is 6.99.